The third-order valence-corrected chi connectivity index (χ3v) is 3.37. The highest BCUT2D eigenvalue weighted by atomic mass is 15.4. The lowest BCUT2D eigenvalue weighted by Crippen LogP contribution is -1.91. The maximum atomic E-state index is 4.47. The van der Waals surface area contributed by atoms with Crippen LogP contribution in [0.1, 0.15) is 30.9 Å². The van der Waals surface area contributed by atoms with Crippen molar-refractivity contribution < 1.29 is 0 Å². The maximum Gasteiger partial charge on any atom is 0.118 e. The molecule has 1 heterocycles. The molecule has 3 aromatic rings. The molecule has 3 rings (SSSR count). The van der Waals surface area contributed by atoms with Crippen molar-refractivity contribution in [2.24, 2.45) is 5.10 Å². The molecule has 3 nitrogen and oxygen atoms in total. The number of nitrogens with zero attached hydrogens (tertiary/aromatic N) is 3. The van der Waals surface area contributed by atoms with Crippen LogP contribution in [0.3, 0.4) is 0 Å². The SMILES string of the molecule is CC(C)c1ccc(/C=N\n2cnc3ccccc32)cc1. The zero-order valence-electron chi connectivity index (χ0n) is 11.7. The number of hydrogen-bond acceptors (Lipinski definition) is 2. The van der Waals surface area contributed by atoms with E-state index in [1.54, 1.807) is 11.0 Å². The molecule has 0 aliphatic heterocycles. The summed E-state index contributed by atoms with van der Waals surface area (Å²) >= 11 is 0. The van der Waals surface area contributed by atoms with Crippen LogP contribution in [0.5, 0.6) is 0 Å². The van der Waals surface area contributed by atoms with Crippen LogP contribution in [0.25, 0.3) is 11.0 Å². The van der Waals surface area contributed by atoms with Gasteiger partial charge in [0.05, 0.1) is 17.2 Å². The zero-order valence-corrected chi connectivity index (χ0v) is 11.7. The van der Waals surface area contributed by atoms with Crippen LogP contribution >= 0.6 is 0 Å². The predicted octanol–water partition coefficient (Wildman–Crippen LogP) is 4.04. The van der Waals surface area contributed by atoms with Gasteiger partial charge in [0.15, 0.2) is 0 Å². The monoisotopic (exact) mass is 263 g/mol. The Balaban J connectivity index is 1.86. The molecule has 0 spiro atoms. The standard InChI is InChI=1S/C17H17N3/c1-13(2)15-9-7-14(8-10-15)11-19-20-12-18-16-5-3-4-6-17(16)20/h3-13H,1-2H3/b19-11-. The molecule has 20 heavy (non-hydrogen) atoms. The second-order valence-electron chi connectivity index (χ2n) is 5.14. The van der Waals surface area contributed by atoms with Gasteiger partial charge in [-0.3, -0.25) is 0 Å². The first-order valence-electron chi connectivity index (χ1n) is 6.80. The number of hydrogen-bond donors (Lipinski definition) is 0. The number of rotatable bonds is 3. The summed E-state index contributed by atoms with van der Waals surface area (Å²) in [5.41, 5.74) is 4.41. The lowest BCUT2D eigenvalue weighted by atomic mass is 10.0. The summed E-state index contributed by atoms with van der Waals surface area (Å²) in [6.07, 6.45) is 3.60. The van der Waals surface area contributed by atoms with Gasteiger partial charge >= 0.3 is 0 Å². The van der Waals surface area contributed by atoms with E-state index in [2.05, 4.69) is 48.2 Å². The lowest BCUT2D eigenvalue weighted by Gasteiger charge is -2.04. The number of benzene rings is 2. The Morgan fingerprint density at radius 2 is 1.80 bits per heavy atom. The quantitative estimate of drug-likeness (QED) is 0.656. The van der Waals surface area contributed by atoms with Crippen molar-refractivity contribution >= 4 is 17.2 Å². The van der Waals surface area contributed by atoms with Gasteiger partial charge in [0.25, 0.3) is 0 Å². The van der Waals surface area contributed by atoms with Crippen molar-refractivity contribution in [3.8, 4) is 0 Å². The van der Waals surface area contributed by atoms with Crippen LogP contribution in [-0.4, -0.2) is 15.9 Å². The summed E-state index contributed by atoms with van der Waals surface area (Å²) in [4.78, 5) is 4.32. The normalized spacial score (nSPS) is 11.8. The minimum Gasteiger partial charge on any atom is -0.235 e. The maximum absolute atomic E-state index is 4.47. The first-order valence-corrected chi connectivity index (χ1v) is 6.80. The molecule has 0 amide bonds. The smallest absolute Gasteiger partial charge is 0.118 e. The molecule has 3 heteroatoms. The Morgan fingerprint density at radius 3 is 2.55 bits per heavy atom. The molecular formula is C17H17N3. The van der Waals surface area contributed by atoms with Crippen molar-refractivity contribution in [2.45, 2.75) is 19.8 Å². The third kappa shape index (κ3) is 2.48. The Morgan fingerprint density at radius 1 is 1.05 bits per heavy atom. The summed E-state index contributed by atoms with van der Waals surface area (Å²) in [5.74, 6) is 0.554. The lowest BCUT2D eigenvalue weighted by molar-refractivity contribution is 0.866. The molecule has 0 unspecified atom stereocenters. The van der Waals surface area contributed by atoms with E-state index in [1.165, 1.54) is 5.56 Å². The van der Waals surface area contributed by atoms with Crippen molar-refractivity contribution in [3.63, 3.8) is 0 Å². The van der Waals surface area contributed by atoms with Crippen LogP contribution < -0.4 is 0 Å². The molecule has 0 bridgehead atoms. The summed E-state index contributed by atoms with van der Waals surface area (Å²) in [6, 6.07) is 16.5. The van der Waals surface area contributed by atoms with Gasteiger partial charge < -0.3 is 0 Å². The molecular weight excluding hydrogens is 246 g/mol. The second-order valence-corrected chi connectivity index (χ2v) is 5.14. The van der Waals surface area contributed by atoms with E-state index < -0.39 is 0 Å². The van der Waals surface area contributed by atoms with Gasteiger partial charge in [-0.05, 0) is 29.2 Å². The molecule has 0 aliphatic rings. The first kappa shape index (κ1) is 12.6. The largest absolute Gasteiger partial charge is 0.235 e. The van der Waals surface area contributed by atoms with Crippen molar-refractivity contribution in [3.05, 3.63) is 66.0 Å². The van der Waals surface area contributed by atoms with Crippen molar-refractivity contribution in [1.82, 2.24) is 9.66 Å². The van der Waals surface area contributed by atoms with Gasteiger partial charge in [0.1, 0.15) is 6.33 Å². The van der Waals surface area contributed by atoms with Crippen LogP contribution in [0.4, 0.5) is 0 Å². The molecule has 2 aromatic carbocycles. The summed E-state index contributed by atoms with van der Waals surface area (Å²) in [6.45, 7) is 4.39. The fraction of sp³-hybridized carbons (Fsp3) is 0.176. The van der Waals surface area contributed by atoms with Gasteiger partial charge in [-0.25, -0.2) is 9.66 Å². The van der Waals surface area contributed by atoms with Crippen LogP contribution in [-0.2, 0) is 0 Å². The van der Waals surface area contributed by atoms with Crippen LogP contribution in [0.2, 0.25) is 0 Å². The predicted molar refractivity (Wildman–Crippen MR) is 83.3 cm³/mol. The van der Waals surface area contributed by atoms with Crippen LogP contribution in [0.15, 0.2) is 60.0 Å². The average Bonchev–Trinajstić information content (AvgIpc) is 2.89. The van der Waals surface area contributed by atoms with E-state index >= 15 is 0 Å². The van der Waals surface area contributed by atoms with E-state index in [1.807, 2.05) is 30.5 Å². The number of fused-ring (bicyclic) bond motifs is 1. The first-order chi connectivity index (χ1) is 9.74. The van der Waals surface area contributed by atoms with Gasteiger partial charge in [-0.1, -0.05) is 50.2 Å². The Kier molecular flexibility index (Phi) is 3.33. The molecule has 1 aromatic heterocycles. The highest BCUT2D eigenvalue weighted by Crippen LogP contribution is 2.14. The number of aromatic nitrogens is 2. The van der Waals surface area contributed by atoms with E-state index in [-0.39, 0.29) is 0 Å². The van der Waals surface area contributed by atoms with E-state index in [0.29, 0.717) is 5.92 Å². The highest BCUT2D eigenvalue weighted by Gasteiger charge is 2.00. The highest BCUT2D eigenvalue weighted by molar-refractivity contribution is 5.81. The molecule has 0 atom stereocenters. The molecule has 100 valence electrons. The van der Waals surface area contributed by atoms with E-state index in [9.17, 15) is 0 Å². The Hall–Kier alpha value is -2.42. The molecule has 0 fully saturated rings. The fourth-order valence-electron chi connectivity index (χ4n) is 2.13. The fourth-order valence-corrected chi connectivity index (χ4v) is 2.13. The minimum atomic E-state index is 0.554. The van der Waals surface area contributed by atoms with E-state index in [4.69, 9.17) is 0 Å². The van der Waals surface area contributed by atoms with Gasteiger partial charge in [0.2, 0.25) is 0 Å². The molecule has 0 saturated carbocycles. The van der Waals surface area contributed by atoms with Gasteiger partial charge in [-0.15, -0.1) is 0 Å². The minimum absolute atomic E-state index is 0.554. The Labute approximate surface area is 118 Å². The van der Waals surface area contributed by atoms with Gasteiger partial charge in [0, 0.05) is 0 Å². The third-order valence-electron chi connectivity index (χ3n) is 3.37. The number of para-hydroxylation sites is 2. The second kappa shape index (κ2) is 5.29. The molecule has 0 radical (unpaired) electrons. The van der Waals surface area contributed by atoms with Crippen molar-refractivity contribution in [2.75, 3.05) is 0 Å². The summed E-state index contributed by atoms with van der Waals surface area (Å²) in [7, 11) is 0. The van der Waals surface area contributed by atoms with Crippen molar-refractivity contribution in [1.29, 1.82) is 0 Å². The summed E-state index contributed by atoms with van der Waals surface area (Å²) in [5, 5.41) is 4.47. The Bertz CT molecular complexity index is 736. The van der Waals surface area contributed by atoms with Gasteiger partial charge in [-0.2, -0.15) is 5.10 Å². The summed E-state index contributed by atoms with van der Waals surface area (Å²) < 4.78 is 1.80. The molecule has 0 saturated heterocycles. The molecule has 0 aliphatic carbocycles. The van der Waals surface area contributed by atoms with E-state index in [0.717, 1.165) is 16.6 Å². The molecule has 0 N–H and O–H groups in total. The van der Waals surface area contributed by atoms with Crippen LogP contribution in [0, 0.1) is 0 Å². The zero-order chi connectivity index (χ0) is 13.9. The average molecular weight is 263 g/mol. The topological polar surface area (TPSA) is 30.2 Å². The number of imidazole rings is 1.